The number of phenols is 1. The fourth-order valence-corrected chi connectivity index (χ4v) is 2.63. The molecule has 0 amide bonds. The maximum Gasteiger partial charge on any atom is 0.199 e. The molecule has 0 aliphatic heterocycles. The Morgan fingerprint density at radius 1 is 1.00 bits per heavy atom. The van der Waals surface area contributed by atoms with E-state index in [4.69, 9.17) is 0 Å². The number of aromatic nitrogens is 3. The molecule has 1 aromatic carbocycles. The molecule has 0 aliphatic carbocycles. The predicted octanol–water partition coefficient (Wildman–Crippen LogP) is 4.43. The molecule has 5 heteroatoms. The van der Waals surface area contributed by atoms with Gasteiger partial charge in [0.15, 0.2) is 17.4 Å². The molecule has 0 saturated heterocycles. The van der Waals surface area contributed by atoms with Crippen molar-refractivity contribution in [3.63, 3.8) is 0 Å². The average Bonchev–Trinajstić information content (AvgIpc) is 2.52. The maximum atomic E-state index is 11.9. The van der Waals surface area contributed by atoms with Crippen molar-refractivity contribution in [2.24, 2.45) is 0 Å². The molecule has 0 saturated carbocycles. The molecule has 25 heavy (non-hydrogen) atoms. The Labute approximate surface area is 149 Å². The van der Waals surface area contributed by atoms with E-state index in [9.17, 15) is 9.90 Å². The summed E-state index contributed by atoms with van der Waals surface area (Å²) in [5.74, 6) is 0.815. The summed E-state index contributed by atoms with van der Waals surface area (Å²) in [5, 5.41) is 10.8. The zero-order valence-electron chi connectivity index (χ0n) is 16.1. The van der Waals surface area contributed by atoms with E-state index in [0.717, 1.165) is 16.7 Å². The average molecular weight is 341 g/mol. The number of benzene rings is 1. The number of ketones is 1. The number of aromatic hydroxyl groups is 1. The molecule has 0 radical (unpaired) electrons. The van der Waals surface area contributed by atoms with Crippen LogP contribution in [-0.4, -0.2) is 25.8 Å². The third-order valence-corrected chi connectivity index (χ3v) is 4.13. The molecule has 0 spiro atoms. The van der Waals surface area contributed by atoms with Gasteiger partial charge in [-0.3, -0.25) is 4.79 Å². The minimum Gasteiger partial charge on any atom is -0.507 e. The first-order chi connectivity index (χ1) is 11.4. The van der Waals surface area contributed by atoms with Crippen LogP contribution in [0.3, 0.4) is 0 Å². The van der Waals surface area contributed by atoms with Gasteiger partial charge in [-0.05, 0) is 23.0 Å². The highest BCUT2D eigenvalue weighted by Gasteiger charge is 2.27. The standard InChI is InChI=1S/C20H27N3O2/c1-8-15(24)18-22-11-21-17(23-18)12-9-13(19(2,3)4)16(25)14(10-12)20(5,6)7/h9-11,25H,8H2,1-7H3. The topological polar surface area (TPSA) is 76.0 Å². The molecule has 1 N–H and O–H groups in total. The number of carbonyl (C=O) groups is 1. The SMILES string of the molecule is CCC(=O)c1ncnc(-c2cc(C(C)(C)C)c(O)c(C(C)(C)C)c2)n1. The number of carbonyl (C=O) groups excluding carboxylic acids is 1. The molecule has 0 atom stereocenters. The van der Waals surface area contributed by atoms with Crippen LogP contribution in [0.4, 0.5) is 0 Å². The zero-order chi connectivity index (χ0) is 19.0. The molecule has 0 fully saturated rings. The van der Waals surface area contributed by atoms with Gasteiger partial charge in [-0.2, -0.15) is 0 Å². The van der Waals surface area contributed by atoms with Gasteiger partial charge in [0, 0.05) is 23.1 Å². The van der Waals surface area contributed by atoms with E-state index < -0.39 is 0 Å². The van der Waals surface area contributed by atoms with Crippen LogP contribution in [0.5, 0.6) is 5.75 Å². The van der Waals surface area contributed by atoms with Gasteiger partial charge in [-0.1, -0.05) is 48.5 Å². The third kappa shape index (κ3) is 4.03. The van der Waals surface area contributed by atoms with Crippen LogP contribution in [0.2, 0.25) is 0 Å². The van der Waals surface area contributed by atoms with Gasteiger partial charge >= 0.3 is 0 Å². The molecule has 1 aromatic heterocycles. The summed E-state index contributed by atoms with van der Waals surface area (Å²) in [5.41, 5.74) is 1.96. The summed E-state index contributed by atoms with van der Waals surface area (Å²) in [6.45, 7) is 14.1. The Morgan fingerprint density at radius 2 is 1.52 bits per heavy atom. The highest BCUT2D eigenvalue weighted by atomic mass is 16.3. The van der Waals surface area contributed by atoms with Crippen molar-refractivity contribution in [2.75, 3.05) is 0 Å². The van der Waals surface area contributed by atoms with Crippen molar-refractivity contribution in [1.29, 1.82) is 0 Å². The molecular weight excluding hydrogens is 314 g/mol. The van der Waals surface area contributed by atoms with Crippen LogP contribution in [-0.2, 0) is 10.8 Å². The van der Waals surface area contributed by atoms with Gasteiger partial charge < -0.3 is 5.11 Å². The van der Waals surface area contributed by atoms with E-state index in [1.807, 2.05) is 12.1 Å². The second kappa shape index (κ2) is 6.54. The van der Waals surface area contributed by atoms with E-state index in [0.29, 0.717) is 18.0 Å². The van der Waals surface area contributed by atoms with E-state index in [2.05, 4.69) is 56.5 Å². The largest absolute Gasteiger partial charge is 0.507 e. The molecule has 1 heterocycles. The van der Waals surface area contributed by atoms with Crippen molar-refractivity contribution in [3.8, 4) is 17.1 Å². The second-order valence-corrected chi connectivity index (χ2v) is 8.33. The first-order valence-corrected chi connectivity index (χ1v) is 8.55. The quantitative estimate of drug-likeness (QED) is 0.836. The van der Waals surface area contributed by atoms with E-state index in [1.54, 1.807) is 6.92 Å². The van der Waals surface area contributed by atoms with Gasteiger partial charge in [0.25, 0.3) is 0 Å². The highest BCUT2D eigenvalue weighted by molar-refractivity contribution is 5.92. The minimum absolute atomic E-state index is 0.116. The summed E-state index contributed by atoms with van der Waals surface area (Å²) in [4.78, 5) is 24.5. The molecule has 0 unspecified atom stereocenters. The molecule has 2 rings (SSSR count). The van der Waals surface area contributed by atoms with Crippen LogP contribution >= 0.6 is 0 Å². The predicted molar refractivity (Wildman–Crippen MR) is 98.9 cm³/mol. The fraction of sp³-hybridized carbons (Fsp3) is 0.500. The Morgan fingerprint density at radius 3 is 1.96 bits per heavy atom. The van der Waals surface area contributed by atoms with Gasteiger partial charge in [-0.15, -0.1) is 0 Å². The first kappa shape index (κ1) is 19.0. The second-order valence-electron chi connectivity index (χ2n) is 8.33. The van der Waals surface area contributed by atoms with Crippen molar-refractivity contribution in [3.05, 3.63) is 35.4 Å². The number of phenolic OH excluding ortho intramolecular Hbond substituents is 1. The maximum absolute atomic E-state index is 11.9. The monoisotopic (exact) mass is 341 g/mol. The number of hydrogen-bond donors (Lipinski definition) is 1. The smallest absolute Gasteiger partial charge is 0.199 e. The Hall–Kier alpha value is -2.30. The van der Waals surface area contributed by atoms with Gasteiger partial charge in [0.1, 0.15) is 12.1 Å². The Kier molecular flexibility index (Phi) is 4.98. The van der Waals surface area contributed by atoms with Crippen LogP contribution in [0, 0.1) is 0 Å². The van der Waals surface area contributed by atoms with Crippen molar-refractivity contribution < 1.29 is 9.90 Å². The van der Waals surface area contributed by atoms with Crippen LogP contribution in [0.25, 0.3) is 11.4 Å². The molecular formula is C20H27N3O2. The Bertz CT molecular complexity index is 764. The fourth-order valence-electron chi connectivity index (χ4n) is 2.63. The summed E-state index contributed by atoms with van der Waals surface area (Å²) in [6, 6.07) is 3.81. The number of Topliss-reactive ketones (excluding diaryl/α,β-unsaturated/α-hetero) is 1. The molecule has 5 nitrogen and oxygen atoms in total. The lowest BCUT2D eigenvalue weighted by molar-refractivity contribution is 0.0978. The van der Waals surface area contributed by atoms with Crippen LogP contribution < -0.4 is 0 Å². The van der Waals surface area contributed by atoms with Gasteiger partial charge in [-0.25, -0.2) is 15.0 Å². The Balaban J connectivity index is 2.72. The lowest BCUT2D eigenvalue weighted by Gasteiger charge is -2.28. The number of hydrogen-bond acceptors (Lipinski definition) is 5. The zero-order valence-corrected chi connectivity index (χ0v) is 16.1. The summed E-state index contributed by atoms with van der Waals surface area (Å²) >= 11 is 0. The van der Waals surface area contributed by atoms with E-state index >= 15 is 0 Å². The lowest BCUT2D eigenvalue weighted by atomic mass is 9.78. The first-order valence-electron chi connectivity index (χ1n) is 8.55. The van der Waals surface area contributed by atoms with Gasteiger partial charge in [0.2, 0.25) is 0 Å². The van der Waals surface area contributed by atoms with Crippen molar-refractivity contribution in [1.82, 2.24) is 15.0 Å². The number of nitrogens with zero attached hydrogens (tertiary/aromatic N) is 3. The van der Waals surface area contributed by atoms with Crippen molar-refractivity contribution in [2.45, 2.75) is 65.7 Å². The lowest BCUT2D eigenvalue weighted by Crippen LogP contribution is -2.17. The van der Waals surface area contributed by atoms with E-state index in [1.165, 1.54) is 6.33 Å². The van der Waals surface area contributed by atoms with E-state index in [-0.39, 0.29) is 22.4 Å². The summed E-state index contributed by atoms with van der Waals surface area (Å²) in [6.07, 6.45) is 1.71. The van der Waals surface area contributed by atoms with Crippen molar-refractivity contribution >= 4 is 5.78 Å². The van der Waals surface area contributed by atoms with Gasteiger partial charge in [0.05, 0.1) is 0 Å². The normalized spacial score (nSPS) is 12.3. The highest BCUT2D eigenvalue weighted by Crippen LogP contribution is 2.41. The van der Waals surface area contributed by atoms with Crippen LogP contribution in [0.15, 0.2) is 18.5 Å². The molecule has 0 aliphatic rings. The molecule has 0 bridgehead atoms. The third-order valence-electron chi connectivity index (χ3n) is 4.13. The summed E-state index contributed by atoms with van der Waals surface area (Å²) in [7, 11) is 0. The molecule has 134 valence electrons. The summed E-state index contributed by atoms with van der Waals surface area (Å²) < 4.78 is 0. The number of rotatable bonds is 3. The molecule has 2 aromatic rings. The minimum atomic E-state index is -0.241. The van der Waals surface area contributed by atoms with Crippen LogP contribution in [0.1, 0.15) is 76.6 Å².